The van der Waals surface area contributed by atoms with Crippen LogP contribution in [0.3, 0.4) is 0 Å². The molecule has 2 aromatic rings. The second kappa shape index (κ2) is 6.30. The SMILES string of the molecule is Cc1nc2c(c(C)c1Cl)CN(C(=O)CC1CN(c3ccccn3)C1)C2. The number of aryl methyl sites for hydroxylation is 1. The zero-order valence-corrected chi connectivity index (χ0v) is 15.3. The van der Waals surface area contributed by atoms with Gasteiger partial charge in [-0.1, -0.05) is 17.7 Å². The summed E-state index contributed by atoms with van der Waals surface area (Å²) >= 11 is 6.30. The highest BCUT2D eigenvalue weighted by Gasteiger charge is 2.33. The molecule has 0 aliphatic carbocycles. The number of aromatic nitrogens is 2. The molecule has 0 bridgehead atoms. The summed E-state index contributed by atoms with van der Waals surface area (Å²) in [5.41, 5.74) is 4.02. The summed E-state index contributed by atoms with van der Waals surface area (Å²) in [4.78, 5) is 25.7. The molecule has 5 nitrogen and oxygen atoms in total. The molecule has 130 valence electrons. The fourth-order valence-electron chi connectivity index (χ4n) is 3.69. The number of amides is 1. The Kier molecular flexibility index (Phi) is 4.12. The molecule has 6 heteroatoms. The van der Waals surface area contributed by atoms with Crippen LogP contribution in [-0.4, -0.2) is 33.9 Å². The predicted molar refractivity (Wildman–Crippen MR) is 97.5 cm³/mol. The van der Waals surface area contributed by atoms with Gasteiger partial charge >= 0.3 is 0 Å². The zero-order valence-electron chi connectivity index (χ0n) is 14.5. The minimum absolute atomic E-state index is 0.205. The van der Waals surface area contributed by atoms with Crippen molar-refractivity contribution in [3.05, 3.63) is 51.9 Å². The number of hydrogen-bond acceptors (Lipinski definition) is 4. The van der Waals surface area contributed by atoms with Crippen LogP contribution in [0.25, 0.3) is 0 Å². The Balaban J connectivity index is 1.35. The number of hydrogen-bond donors (Lipinski definition) is 0. The third-order valence-electron chi connectivity index (χ3n) is 5.19. The maximum atomic E-state index is 12.7. The van der Waals surface area contributed by atoms with Crippen LogP contribution in [0, 0.1) is 19.8 Å². The van der Waals surface area contributed by atoms with Gasteiger partial charge in [0.15, 0.2) is 0 Å². The maximum Gasteiger partial charge on any atom is 0.223 e. The first-order chi connectivity index (χ1) is 12.0. The van der Waals surface area contributed by atoms with Crippen LogP contribution in [0.2, 0.25) is 5.02 Å². The minimum atomic E-state index is 0.205. The molecule has 0 aromatic carbocycles. The van der Waals surface area contributed by atoms with Crippen LogP contribution in [-0.2, 0) is 17.9 Å². The van der Waals surface area contributed by atoms with Crippen molar-refractivity contribution in [1.82, 2.24) is 14.9 Å². The van der Waals surface area contributed by atoms with Gasteiger partial charge in [0, 0.05) is 38.2 Å². The highest BCUT2D eigenvalue weighted by atomic mass is 35.5. The monoisotopic (exact) mass is 356 g/mol. The smallest absolute Gasteiger partial charge is 0.223 e. The standard InChI is InChI=1S/C19H21ClN4O/c1-12-15-10-24(11-16(15)22-13(2)19(12)20)18(25)7-14-8-23(9-14)17-5-3-4-6-21-17/h3-6,14H,7-11H2,1-2H3. The molecule has 2 aromatic heterocycles. The van der Waals surface area contributed by atoms with Crippen molar-refractivity contribution in [2.45, 2.75) is 33.4 Å². The number of nitrogens with zero attached hydrogens (tertiary/aromatic N) is 4. The lowest BCUT2D eigenvalue weighted by Crippen LogP contribution is -2.49. The highest BCUT2D eigenvalue weighted by molar-refractivity contribution is 6.32. The average Bonchev–Trinajstić information content (AvgIpc) is 3.00. The van der Waals surface area contributed by atoms with E-state index >= 15 is 0 Å². The van der Waals surface area contributed by atoms with E-state index in [9.17, 15) is 4.79 Å². The Labute approximate surface area is 152 Å². The summed E-state index contributed by atoms with van der Waals surface area (Å²) in [6.45, 7) is 6.95. The van der Waals surface area contributed by atoms with E-state index in [2.05, 4.69) is 14.9 Å². The van der Waals surface area contributed by atoms with Gasteiger partial charge in [-0.15, -0.1) is 0 Å². The van der Waals surface area contributed by atoms with E-state index in [0.29, 0.717) is 25.4 Å². The van der Waals surface area contributed by atoms with Gasteiger partial charge in [-0.3, -0.25) is 9.78 Å². The fourth-order valence-corrected chi connectivity index (χ4v) is 3.84. The van der Waals surface area contributed by atoms with Crippen molar-refractivity contribution < 1.29 is 4.79 Å². The summed E-state index contributed by atoms with van der Waals surface area (Å²) < 4.78 is 0. The summed E-state index contributed by atoms with van der Waals surface area (Å²) in [6.07, 6.45) is 2.39. The highest BCUT2D eigenvalue weighted by Crippen LogP contribution is 2.32. The predicted octanol–water partition coefficient (Wildman–Crippen LogP) is 3.12. The van der Waals surface area contributed by atoms with Gasteiger partial charge in [-0.05, 0) is 37.1 Å². The first-order valence-electron chi connectivity index (χ1n) is 8.61. The van der Waals surface area contributed by atoms with E-state index in [4.69, 9.17) is 11.6 Å². The number of anilines is 1. The second-order valence-electron chi connectivity index (χ2n) is 6.97. The Morgan fingerprint density at radius 1 is 1.28 bits per heavy atom. The van der Waals surface area contributed by atoms with E-state index in [0.717, 1.165) is 46.4 Å². The van der Waals surface area contributed by atoms with Crippen LogP contribution in [0.5, 0.6) is 0 Å². The van der Waals surface area contributed by atoms with Crippen molar-refractivity contribution in [2.24, 2.45) is 5.92 Å². The van der Waals surface area contributed by atoms with Gasteiger partial charge in [-0.25, -0.2) is 4.98 Å². The average molecular weight is 357 g/mol. The molecule has 1 saturated heterocycles. The Bertz CT molecular complexity index is 818. The molecule has 0 atom stereocenters. The fraction of sp³-hybridized carbons (Fsp3) is 0.421. The lowest BCUT2D eigenvalue weighted by molar-refractivity contribution is -0.133. The molecule has 25 heavy (non-hydrogen) atoms. The second-order valence-corrected chi connectivity index (χ2v) is 7.35. The van der Waals surface area contributed by atoms with Gasteiger partial charge in [0.05, 0.1) is 23.0 Å². The van der Waals surface area contributed by atoms with Crippen molar-refractivity contribution in [3.63, 3.8) is 0 Å². The van der Waals surface area contributed by atoms with Crippen LogP contribution >= 0.6 is 11.6 Å². The zero-order chi connectivity index (χ0) is 17.6. The number of carbonyl (C=O) groups is 1. The quantitative estimate of drug-likeness (QED) is 0.847. The van der Waals surface area contributed by atoms with E-state index in [1.807, 2.05) is 36.9 Å². The van der Waals surface area contributed by atoms with Crippen molar-refractivity contribution in [3.8, 4) is 0 Å². The molecule has 0 N–H and O–H groups in total. The molecular weight excluding hydrogens is 336 g/mol. The molecule has 0 saturated carbocycles. The Hall–Kier alpha value is -2.14. The number of halogens is 1. The van der Waals surface area contributed by atoms with Gasteiger partial charge < -0.3 is 9.80 Å². The Morgan fingerprint density at radius 2 is 2.08 bits per heavy atom. The van der Waals surface area contributed by atoms with Gasteiger partial charge in [0.2, 0.25) is 5.91 Å². The molecule has 4 rings (SSSR count). The van der Waals surface area contributed by atoms with Crippen LogP contribution in [0.15, 0.2) is 24.4 Å². The van der Waals surface area contributed by atoms with Crippen LogP contribution in [0.4, 0.5) is 5.82 Å². The summed E-state index contributed by atoms with van der Waals surface area (Å²) in [6, 6.07) is 5.92. The van der Waals surface area contributed by atoms with Crippen molar-refractivity contribution in [1.29, 1.82) is 0 Å². The number of carbonyl (C=O) groups excluding carboxylic acids is 1. The number of pyridine rings is 2. The minimum Gasteiger partial charge on any atom is -0.356 e. The summed E-state index contributed by atoms with van der Waals surface area (Å²) in [5.74, 6) is 1.60. The summed E-state index contributed by atoms with van der Waals surface area (Å²) in [5, 5.41) is 0.720. The molecule has 2 aliphatic heterocycles. The first kappa shape index (κ1) is 16.3. The lowest BCUT2D eigenvalue weighted by Gasteiger charge is -2.40. The topological polar surface area (TPSA) is 49.3 Å². The third-order valence-corrected chi connectivity index (χ3v) is 5.74. The molecular formula is C19H21ClN4O. The number of rotatable bonds is 3. The molecule has 0 unspecified atom stereocenters. The van der Waals surface area contributed by atoms with E-state index in [-0.39, 0.29) is 5.91 Å². The normalized spacial score (nSPS) is 16.8. The molecule has 0 radical (unpaired) electrons. The molecule has 1 amide bonds. The van der Waals surface area contributed by atoms with E-state index in [1.165, 1.54) is 0 Å². The largest absolute Gasteiger partial charge is 0.356 e. The Morgan fingerprint density at radius 3 is 2.80 bits per heavy atom. The molecule has 4 heterocycles. The van der Waals surface area contributed by atoms with Gasteiger partial charge in [-0.2, -0.15) is 0 Å². The van der Waals surface area contributed by atoms with Gasteiger partial charge in [0.1, 0.15) is 5.82 Å². The van der Waals surface area contributed by atoms with E-state index < -0.39 is 0 Å². The third kappa shape index (κ3) is 2.97. The first-order valence-corrected chi connectivity index (χ1v) is 8.99. The summed E-state index contributed by atoms with van der Waals surface area (Å²) in [7, 11) is 0. The van der Waals surface area contributed by atoms with Crippen molar-refractivity contribution >= 4 is 23.3 Å². The van der Waals surface area contributed by atoms with Crippen molar-refractivity contribution in [2.75, 3.05) is 18.0 Å². The molecule has 2 aliphatic rings. The van der Waals surface area contributed by atoms with Gasteiger partial charge in [0.25, 0.3) is 0 Å². The lowest BCUT2D eigenvalue weighted by atomic mass is 9.95. The molecule has 0 spiro atoms. The van der Waals surface area contributed by atoms with E-state index in [1.54, 1.807) is 6.20 Å². The maximum absolute atomic E-state index is 12.7. The number of fused-ring (bicyclic) bond motifs is 1. The van der Waals surface area contributed by atoms with Crippen LogP contribution in [0.1, 0.15) is 28.9 Å². The molecule has 1 fully saturated rings. The van der Waals surface area contributed by atoms with Crippen LogP contribution < -0.4 is 4.90 Å².